The van der Waals surface area contributed by atoms with Crippen molar-refractivity contribution >= 4 is 41.0 Å². The van der Waals surface area contributed by atoms with Gasteiger partial charge in [0, 0.05) is 35.9 Å². The second kappa shape index (κ2) is 30.6. The standard InChI is InChI=1S/C60H81N7O10/c1-9-13-14-15-16-17-18-19-20-21-22-23-41-75-53(68)40-42-73-43-61-48-30-24-47(25-31-48)56-62-57-60(77-59(70)74-12-4,55(44(5)6)63-67(57)64-56)66(50-34-32-49(33-35-50)65(10-2)11-3)58(69)76-54(45-26-36-51(71-7)37-27-45)46-28-38-52(72-8)39-29-46/h24-39,44,54,61H,9-23,40-43H2,1-8H3. The number of amides is 1. The van der Waals surface area contributed by atoms with Gasteiger partial charge in [0.25, 0.3) is 0 Å². The Morgan fingerprint density at radius 3 is 1.75 bits per heavy atom. The lowest BCUT2D eigenvalue weighted by Gasteiger charge is -2.40. The molecule has 0 fully saturated rings. The van der Waals surface area contributed by atoms with E-state index in [1.165, 1.54) is 73.9 Å². The molecule has 0 spiro atoms. The van der Waals surface area contributed by atoms with E-state index in [2.05, 4.69) is 31.0 Å². The van der Waals surface area contributed by atoms with Gasteiger partial charge in [-0.25, -0.2) is 19.5 Å². The fraction of sp³-hybridized carbons (Fsp3) is 0.500. The molecule has 17 nitrogen and oxygen atoms in total. The van der Waals surface area contributed by atoms with Crippen LogP contribution in [0, 0.1) is 5.92 Å². The van der Waals surface area contributed by atoms with Gasteiger partial charge < -0.3 is 43.4 Å². The molecule has 1 aliphatic heterocycles. The number of benzene rings is 4. The molecular weight excluding hydrogens is 979 g/mol. The number of ether oxygens (including phenoxy) is 7. The minimum atomic E-state index is -2.18. The van der Waals surface area contributed by atoms with E-state index in [0.717, 1.165) is 37.3 Å². The first-order chi connectivity index (χ1) is 37.5. The first-order valence-corrected chi connectivity index (χ1v) is 27.6. The molecule has 0 saturated carbocycles. The molecule has 2 heterocycles. The van der Waals surface area contributed by atoms with Crippen molar-refractivity contribution < 1.29 is 47.5 Å². The number of carbonyl (C=O) groups excluding carboxylic acids is 3. The minimum absolute atomic E-state index is 0.0153. The summed E-state index contributed by atoms with van der Waals surface area (Å²) in [5.74, 6) is 0.792. The van der Waals surface area contributed by atoms with E-state index in [-0.39, 0.29) is 49.7 Å². The van der Waals surface area contributed by atoms with Gasteiger partial charge in [-0.15, -0.1) is 9.89 Å². The Bertz CT molecular complexity index is 2550. The zero-order valence-corrected chi connectivity index (χ0v) is 46.6. The minimum Gasteiger partial charge on any atom is -0.497 e. The number of nitrogens with one attached hydrogen (secondary N) is 1. The normalized spacial score (nSPS) is 13.7. The summed E-state index contributed by atoms with van der Waals surface area (Å²) in [5, 5.41) is 12.9. The number of carbonyl (C=O) groups is 3. The van der Waals surface area contributed by atoms with Crippen LogP contribution >= 0.6 is 0 Å². The molecule has 416 valence electrons. The third kappa shape index (κ3) is 16.2. The van der Waals surface area contributed by atoms with Gasteiger partial charge in [0.05, 0.1) is 46.1 Å². The smallest absolute Gasteiger partial charge is 0.497 e. The number of nitrogens with zero attached hydrogens (tertiary/aromatic N) is 6. The van der Waals surface area contributed by atoms with Gasteiger partial charge in [-0.05, 0) is 111 Å². The number of anilines is 3. The molecular formula is C60H81N7O10. The molecule has 1 unspecified atom stereocenters. The number of hydrogen-bond acceptors (Lipinski definition) is 15. The van der Waals surface area contributed by atoms with Crippen LogP contribution in [0.15, 0.2) is 102 Å². The van der Waals surface area contributed by atoms with E-state index in [1.807, 2.05) is 74.5 Å². The maximum atomic E-state index is 15.7. The van der Waals surface area contributed by atoms with Crippen LogP contribution in [0.3, 0.4) is 0 Å². The summed E-state index contributed by atoms with van der Waals surface area (Å²) in [6, 6.07) is 29.1. The van der Waals surface area contributed by atoms with Gasteiger partial charge in [0.2, 0.25) is 5.82 Å². The van der Waals surface area contributed by atoms with Crippen LogP contribution in [0.1, 0.15) is 148 Å². The number of rotatable bonds is 33. The van der Waals surface area contributed by atoms with Crippen molar-refractivity contribution in [2.24, 2.45) is 11.0 Å². The van der Waals surface area contributed by atoms with E-state index in [4.69, 9.17) is 48.3 Å². The summed E-state index contributed by atoms with van der Waals surface area (Å²) in [7, 11) is 3.16. The van der Waals surface area contributed by atoms with Crippen molar-refractivity contribution in [2.75, 3.05) is 69.0 Å². The number of methoxy groups -OCH3 is 2. The highest BCUT2D eigenvalue weighted by molar-refractivity contribution is 6.06. The first kappa shape index (κ1) is 59.1. The summed E-state index contributed by atoms with van der Waals surface area (Å²) in [6.45, 7) is 14.1. The van der Waals surface area contributed by atoms with Crippen LogP contribution in [0.25, 0.3) is 11.4 Å². The molecule has 1 aromatic heterocycles. The third-order valence-electron chi connectivity index (χ3n) is 13.5. The number of aromatic nitrogens is 3. The van der Waals surface area contributed by atoms with Gasteiger partial charge in [0.15, 0.2) is 11.9 Å². The second-order valence-corrected chi connectivity index (χ2v) is 19.2. The Morgan fingerprint density at radius 2 is 1.22 bits per heavy atom. The quantitative estimate of drug-likeness (QED) is 0.0182. The predicted octanol–water partition coefficient (Wildman–Crippen LogP) is 13.5. The second-order valence-electron chi connectivity index (χ2n) is 19.2. The summed E-state index contributed by atoms with van der Waals surface area (Å²) in [4.78, 5) is 51.7. The van der Waals surface area contributed by atoms with Crippen LogP contribution in [0.5, 0.6) is 11.5 Å². The Morgan fingerprint density at radius 1 is 0.662 bits per heavy atom. The molecule has 1 N–H and O–H groups in total. The molecule has 0 radical (unpaired) electrons. The number of fused-ring (bicyclic) bond motifs is 1. The van der Waals surface area contributed by atoms with E-state index in [9.17, 15) is 9.59 Å². The van der Waals surface area contributed by atoms with Crippen LogP contribution in [-0.2, 0) is 34.2 Å². The molecule has 0 saturated heterocycles. The summed E-state index contributed by atoms with van der Waals surface area (Å²) in [6.07, 6.45) is 12.3. The lowest BCUT2D eigenvalue weighted by atomic mass is 9.94. The molecule has 6 rings (SSSR count). The highest BCUT2D eigenvalue weighted by atomic mass is 16.7. The van der Waals surface area contributed by atoms with Crippen molar-refractivity contribution in [1.29, 1.82) is 0 Å². The summed E-state index contributed by atoms with van der Waals surface area (Å²) >= 11 is 0. The molecule has 1 aliphatic rings. The third-order valence-corrected chi connectivity index (χ3v) is 13.5. The van der Waals surface area contributed by atoms with Crippen LogP contribution < -0.4 is 24.6 Å². The van der Waals surface area contributed by atoms with E-state index in [0.29, 0.717) is 40.5 Å². The van der Waals surface area contributed by atoms with Crippen molar-refractivity contribution in [2.45, 2.75) is 137 Å². The topological polar surface area (TPSA) is 177 Å². The molecule has 0 aliphatic carbocycles. The lowest BCUT2D eigenvalue weighted by molar-refractivity contribution is -0.144. The van der Waals surface area contributed by atoms with Crippen molar-refractivity contribution in [3.63, 3.8) is 0 Å². The average molecular weight is 1060 g/mol. The van der Waals surface area contributed by atoms with E-state index in [1.54, 1.807) is 57.5 Å². The summed E-state index contributed by atoms with van der Waals surface area (Å²) in [5.41, 5.74) is 1.94. The summed E-state index contributed by atoms with van der Waals surface area (Å²) < 4.78 is 40.7. The fourth-order valence-electron chi connectivity index (χ4n) is 9.28. The molecule has 1 atom stereocenters. The number of hydrogen-bond donors (Lipinski definition) is 1. The number of esters is 1. The monoisotopic (exact) mass is 1060 g/mol. The molecule has 5 aromatic rings. The van der Waals surface area contributed by atoms with Gasteiger partial charge >= 0.3 is 23.9 Å². The van der Waals surface area contributed by atoms with E-state index >= 15 is 4.79 Å². The molecule has 0 bridgehead atoms. The van der Waals surface area contributed by atoms with Crippen molar-refractivity contribution in [3.05, 3.63) is 114 Å². The number of unbranched alkanes of at least 4 members (excludes halogenated alkanes) is 11. The Hall–Kier alpha value is -7.14. The predicted molar refractivity (Wildman–Crippen MR) is 301 cm³/mol. The highest BCUT2D eigenvalue weighted by Gasteiger charge is 2.60. The van der Waals surface area contributed by atoms with Crippen molar-refractivity contribution in [1.82, 2.24) is 14.9 Å². The Balaban J connectivity index is 1.20. The maximum Gasteiger partial charge on any atom is 0.511 e. The van der Waals surface area contributed by atoms with Gasteiger partial charge in [0.1, 0.15) is 23.9 Å². The largest absolute Gasteiger partial charge is 0.511 e. The van der Waals surface area contributed by atoms with Gasteiger partial charge in [-0.1, -0.05) is 116 Å². The average Bonchev–Trinajstić information content (AvgIpc) is 4.14. The van der Waals surface area contributed by atoms with Gasteiger partial charge in [-0.3, -0.25) is 4.79 Å². The Labute approximate surface area is 455 Å². The molecule has 17 heteroatoms. The lowest BCUT2D eigenvalue weighted by Crippen LogP contribution is -2.58. The zero-order valence-electron chi connectivity index (χ0n) is 46.6. The maximum absolute atomic E-state index is 15.7. The molecule has 77 heavy (non-hydrogen) atoms. The SMILES string of the molecule is CCCCCCCCCCCCCCOC(=O)CCOCNc1ccc(-c2nc3n(n2)N=C(C(C)C)C3(OC(=O)OCC)N(C(=O)OC(c2ccc(OC)cc2)c2ccc(OC)cc2)c2ccc(N(CC)CC)cc2)cc1. The molecule has 1 amide bonds. The van der Waals surface area contributed by atoms with Crippen LogP contribution in [-0.4, -0.2) is 92.7 Å². The van der Waals surface area contributed by atoms with Crippen LogP contribution in [0.2, 0.25) is 0 Å². The first-order valence-electron chi connectivity index (χ1n) is 27.6. The Kier molecular flexibility index (Phi) is 23.5. The van der Waals surface area contributed by atoms with E-state index < -0.39 is 30.0 Å². The fourth-order valence-corrected chi connectivity index (χ4v) is 9.28. The van der Waals surface area contributed by atoms with Crippen molar-refractivity contribution in [3.8, 4) is 22.9 Å². The zero-order chi connectivity index (χ0) is 55.0. The molecule has 4 aromatic carbocycles. The highest BCUT2D eigenvalue weighted by Crippen LogP contribution is 2.44. The van der Waals surface area contributed by atoms with Crippen LogP contribution in [0.4, 0.5) is 26.7 Å². The van der Waals surface area contributed by atoms with Gasteiger partial charge in [-0.2, -0.15) is 5.10 Å².